The van der Waals surface area contributed by atoms with Gasteiger partial charge in [-0.15, -0.1) is 0 Å². The molecule has 0 spiro atoms. The van der Waals surface area contributed by atoms with Crippen molar-refractivity contribution in [3.63, 3.8) is 0 Å². The van der Waals surface area contributed by atoms with E-state index in [2.05, 4.69) is 67.2 Å². The lowest BCUT2D eigenvalue weighted by Gasteiger charge is -2.41. The second kappa shape index (κ2) is 5.49. The van der Waals surface area contributed by atoms with Crippen molar-refractivity contribution in [1.82, 2.24) is 14.9 Å². The first kappa shape index (κ1) is 16.6. The average molecular weight is 273 g/mol. The molecule has 0 atom stereocenters. The molecule has 0 aliphatic carbocycles. The maximum Gasteiger partial charge on any atom is 0.169 e. The second-order valence-electron chi connectivity index (χ2n) is 7.09. The van der Waals surface area contributed by atoms with E-state index < -0.39 is 24.7 Å². The van der Waals surface area contributed by atoms with Gasteiger partial charge in [-0.25, -0.2) is 0 Å². The third kappa shape index (κ3) is 7.03. The first-order chi connectivity index (χ1) is 6.87. The van der Waals surface area contributed by atoms with Gasteiger partial charge in [-0.1, -0.05) is 52.4 Å². The molecule has 0 aromatic carbocycles. The molecule has 3 nitrogen and oxygen atoms in total. The van der Waals surface area contributed by atoms with Crippen LogP contribution in [0.2, 0.25) is 52.4 Å². The van der Waals surface area contributed by atoms with Crippen molar-refractivity contribution >= 4 is 32.7 Å². The van der Waals surface area contributed by atoms with Crippen LogP contribution in [0.15, 0.2) is 0 Å². The summed E-state index contributed by atoms with van der Waals surface area (Å²) < 4.78 is 0. The Kier molecular flexibility index (Phi) is 5.70. The van der Waals surface area contributed by atoms with Crippen molar-refractivity contribution in [1.29, 1.82) is 0 Å². The minimum absolute atomic E-state index is 0.357. The molecule has 0 saturated carbocycles. The first-order valence-corrected chi connectivity index (χ1v) is 16.0. The molecule has 0 aliphatic heterocycles. The van der Waals surface area contributed by atoms with Crippen molar-refractivity contribution in [3.8, 4) is 0 Å². The molecular weight excluding hydrogens is 245 g/mol. The largest absolute Gasteiger partial charge is 0.387 e. The van der Waals surface area contributed by atoms with Crippen LogP contribution in [0.1, 0.15) is 0 Å². The summed E-state index contributed by atoms with van der Waals surface area (Å²) in [5.41, 5.74) is 0. The molecule has 0 unspecified atom stereocenters. The summed E-state index contributed by atoms with van der Waals surface area (Å²) in [6.07, 6.45) is 0. The van der Waals surface area contributed by atoms with Crippen molar-refractivity contribution in [3.05, 3.63) is 0 Å². The van der Waals surface area contributed by atoms with Crippen LogP contribution >= 0.6 is 0 Å². The summed E-state index contributed by atoms with van der Waals surface area (Å²) in [5.74, 6) is 0.357. The summed E-state index contributed by atoms with van der Waals surface area (Å²) in [4.78, 5) is 10.6. The molecule has 0 saturated heterocycles. The maximum atomic E-state index is 5.71. The van der Waals surface area contributed by atoms with Gasteiger partial charge in [0.05, 0.1) is 5.79 Å². The topological polar surface area (TPSA) is 36.1 Å². The van der Waals surface area contributed by atoms with Crippen LogP contribution in [0.25, 0.3) is 0 Å². The minimum Gasteiger partial charge on any atom is -0.387 e. The molecular formula is C9H28BN3Si3. The van der Waals surface area contributed by atoms with E-state index in [1.165, 1.54) is 0 Å². The Hall–Kier alpha value is 0.596. The maximum absolute atomic E-state index is 5.71. The summed E-state index contributed by atoms with van der Waals surface area (Å²) in [5, 5.41) is 0. The predicted octanol–water partition coefficient (Wildman–Crippen LogP) is 1.58. The highest BCUT2D eigenvalue weighted by Gasteiger charge is 2.35. The number of nitrogens with one attached hydrogen (secondary N) is 3. The molecule has 16 heavy (non-hydrogen) atoms. The van der Waals surface area contributed by atoms with Gasteiger partial charge in [0.15, 0.2) is 7.98 Å². The lowest BCUT2D eigenvalue weighted by Crippen LogP contribution is -2.73. The van der Waals surface area contributed by atoms with E-state index in [-0.39, 0.29) is 0 Å². The van der Waals surface area contributed by atoms with Crippen molar-refractivity contribution in [2.24, 2.45) is 0 Å². The predicted molar refractivity (Wildman–Crippen MR) is 83.1 cm³/mol. The van der Waals surface area contributed by atoms with Crippen molar-refractivity contribution in [2.45, 2.75) is 58.2 Å². The summed E-state index contributed by atoms with van der Waals surface area (Å²) >= 11 is 0. The number of rotatable bonds is 6. The van der Waals surface area contributed by atoms with E-state index >= 15 is 0 Å². The summed E-state index contributed by atoms with van der Waals surface area (Å²) in [7, 11) is 1.46. The fourth-order valence-electron chi connectivity index (χ4n) is 1.35. The van der Waals surface area contributed by atoms with Crippen LogP contribution in [0.3, 0.4) is 0 Å². The highest BCUT2D eigenvalue weighted by atomic mass is 28.3. The van der Waals surface area contributed by atoms with Crippen LogP contribution in [-0.4, -0.2) is 38.5 Å². The van der Waals surface area contributed by atoms with Gasteiger partial charge < -0.3 is 14.9 Å². The number of hydrogen-bond acceptors (Lipinski definition) is 3. The molecule has 3 N–H and O–H groups in total. The van der Waals surface area contributed by atoms with Crippen LogP contribution in [0.5, 0.6) is 0 Å². The normalized spacial score (nSPS) is 14.6. The van der Waals surface area contributed by atoms with E-state index in [0.717, 1.165) is 0 Å². The summed E-state index contributed by atoms with van der Waals surface area (Å²) in [6.45, 7) is 18.5. The molecule has 0 amide bonds. The Morgan fingerprint density at radius 3 is 1.25 bits per heavy atom. The molecule has 94 valence electrons. The lowest BCUT2D eigenvalue weighted by molar-refractivity contribution is 0.717. The molecule has 0 bridgehead atoms. The van der Waals surface area contributed by atoms with Crippen LogP contribution in [0.4, 0.5) is 0 Å². The standard InChI is InChI=1S/C9H28BN3Si3/c1-14(2,3)11-9(12-15(4,5)6)16(7,8)13-10/h9,11-13H,1-8H3. The highest BCUT2D eigenvalue weighted by molar-refractivity contribution is 6.84. The quantitative estimate of drug-likeness (QED) is 0.508. The van der Waals surface area contributed by atoms with E-state index in [1.54, 1.807) is 0 Å². The SMILES string of the molecule is [B]N[Si](C)(C)C(N[Si](C)(C)C)N[Si](C)(C)C. The van der Waals surface area contributed by atoms with Gasteiger partial charge in [-0.3, -0.25) is 0 Å². The van der Waals surface area contributed by atoms with Crippen LogP contribution < -0.4 is 14.9 Å². The van der Waals surface area contributed by atoms with E-state index in [0.29, 0.717) is 5.79 Å². The average Bonchev–Trinajstić information content (AvgIpc) is 1.97. The Balaban J connectivity index is 4.79. The third-order valence-corrected chi connectivity index (χ3v) is 7.61. The van der Waals surface area contributed by atoms with Crippen molar-refractivity contribution < 1.29 is 0 Å². The van der Waals surface area contributed by atoms with Crippen LogP contribution in [-0.2, 0) is 0 Å². The molecule has 0 heterocycles. The number of hydrogen-bond donors (Lipinski definition) is 3. The Morgan fingerprint density at radius 2 is 1.06 bits per heavy atom. The molecule has 7 heteroatoms. The Morgan fingerprint density at radius 1 is 0.750 bits per heavy atom. The minimum atomic E-state index is -1.65. The molecule has 0 aromatic heterocycles. The zero-order chi connectivity index (χ0) is 13.2. The molecule has 0 aliphatic rings. The first-order valence-electron chi connectivity index (χ1n) is 5.90. The molecule has 0 fully saturated rings. The van der Waals surface area contributed by atoms with Gasteiger partial charge in [-0.05, 0) is 0 Å². The van der Waals surface area contributed by atoms with E-state index in [9.17, 15) is 0 Å². The zero-order valence-corrected chi connectivity index (χ0v) is 15.2. The van der Waals surface area contributed by atoms with Gasteiger partial charge in [0.2, 0.25) is 0 Å². The van der Waals surface area contributed by atoms with Gasteiger partial charge in [0, 0.05) is 0 Å². The fourth-order valence-corrected chi connectivity index (χ4v) is 9.02. The summed E-state index contributed by atoms with van der Waals surface area (Å²) in [6, 6.07) is 0. The monoisotopic (exact) mass is 273 g/mol. The fraction of sp³-hybridized carbons (Fsp3) is 1.00. The molecule has 0 aromatic rings. The highest BCUT2D eigenvalue weighted by Crippen LogP contribution is 2.09. The molecule has 2 radical (unpaired) electrons. The second-order valence-corrected chi connectivity index (χ2v) is 21.0. The Bertz CT molecular complexity index is 207. The van der Waals surface area contributed by atoms with Crippen LogP contribution in [0, 0.1) is 0 Å². The zero-order valence-electron chi connectivity index (χ0n) is 12.2. The van der Waals surface area contributed by atoms with Gasteiger partial charge in [0.25, 0.3) is 0 Å². The molecule has 0 rings (SSSR count). The Labute approximate surface area is 106 Å². The van der Waals surface area contributed by atoms with Gasteiger partial charge in [0.1, 0.15) is 24.7 Å². The van der Waals surface area contributed by atoms with E-state index in [4.69, 9.17) is 7.98 Å². The smallest absolute Gasteiger partial charge is 0.169 e. The van der Waals surface area contributed by atoms with E-state index in [1.807, 2.05) is 0 Å². The lowest BCUT2D eigenvalue weighted by atomic mass is 10.5. The third-order valence-electron chi connectivity index (χ3n) is 2.25. The van der Waals surface area contributed by atoms with Gasteiger partial charge in [-0.2, -0.15) is 0 Å². The van der Waals surface area contributed by atoms with Gasteiger partial charge >= 0.3 is 0 Å². The van der Waals surface area contributed by atoms with Crippen molar-refractivity contribution in [2.75, 3.05) is 0 Å².